The van der Waals surface area contributed by atoms with Gasteiger partial charge in [0.05, 0.1) is 17.9 Å². The van der Waals surface area contributed by atoms with E-state index in [1.54, 1.807) is 19.1 Å². The van der Waals surface area contributed by atoms with E-state index in [-0.39, 0.29) is 5.97 Å². The summed E-state index contributed by atoms with van der Waals surface area (Å²) in [6, 6.07) is 27.7. The molecule has 0 atom stereocenters. The molecule has 0 aliphatic carbocycles. The summed E-state index contributed by atoms with van der Waals surface area (Å²) in [6.45, 7) is 2.16. The average molecular weight is 368 g/mol. The van der Waals surface area contributed by atoms with E-state index in [2.05, 4.69) is 34.5 Å². The Labute approximate surface area is 163 Å². The van der Waals surface area contributed by atoms with Gasteiger partial charge in [-0.05, 0) is 24.6 Å². The van der Waals surface area contributed by atoms with Crippen LogP contribution >= 0.6 is 0 Å². The van der Waals surface area contributed by atoms with Crippen LogP contribution in [-0.4, -0.2) is 22.8 Å². The number of H-pyrrole nitrogens is 1. The quantitative estimate of drug-likeness (QED) is 0.467. The van der Waals surface area contributed by atoms with E-state index in [4.69, 9.17) is 4.74 Å². The first-order valence-electron chi connectivity index (χ1n) is 9.24. The van der Waals surface area contributed by atoms with Crippen molar-refractivity contribution in [3.05, 3.63) is 90.5 Å². The van der Waals surface area contributed by atoms with Gasteiger partial charge in [0.15, 0.2) is 0 Å². The molecule has 0 saturated carbocycles. The Morgan fingerprint density at radius 2 is 1.43 bits per heavy atom. The van der Waals surface area contributed by atoms with Crippen molar-refractivity contribution in [3.8, 4) is 33.6 Å². The second kappa shape index (κ2) is 7.92. The predicted molar refractivity (Wildman–Crippen MR) is 111 cm³/mol. The monoisotopic (exact) mass is 368 g/mol. The number of hydrogen-bond acceptors (Lipinski definition) is 3. The van der Waals surface area contributed by atoms with Gasteiger partial charge in [-0.2, -0.15) is 5.10 Å². The molecule has 0 aliphatic rings. The van der Waals surface area contributed by atoms with Gasteiger partial charge in [0.1, 0.15) is 5.69 Å². The topological polar surface area (TPSA) is 55.0 Å². The maximum Gasteiger partial charge on any atom is 0.338 e. The minimum atomic E-state index is -0.313. The fraction of sp³-hybridized carbons (Fsp3) is 0.0833. The second-order valence-corrected chi connectivity index (χ2v) is 6.35. The molecule has 4 aromatic rings. The number of esters is 1. The molecule has 28 heavy (non-hydrogen) atoms. The van der Waals surface area contributed by atoms with E-state index in [0.717, 1.165) is 33.6 Å². The number of ether oxygens (including phenoxy) is 1. The van der Waals surface area contributed by atoms with E-state index in [9.17, 15) is 4.79 Å². The number of nitrogens with one attached hydrogen (secondary N) is 1. The molecule has 4 rings (SSSR count). The van der Waals surface area contributed by atoms with Crippen LogP contribution in [-0.2, 0) is 4.74 Å². The van der Waals surface area contributed by atoms with Gasteiger partial charge < -0.3 is 4.74 Å². The van der Waals surface area contributed by atoms with Crippen LogP contribution < -0.4 is 0 Å². The molecule has 0 bridgehead atoms. The minimum Gasteiger partial charge on any atom is -0.462 e. The molecular formula is C24H20N2O2. The highest BCUT2D eigenvalue weighted by atomic mass is 16.5. The Morgan fingerprint density at radius 3 is 2.04 bits per heavy atom. The van der Waals surface area contributed by atoms with E-state index in [0.29, 0.717) is 12.2 Å². The van der Waals surface area contributed by atoms with Crippen molar-refractivity contribution >= 4 is 5.97 Å². The number of aromatic nitrogens is 2. The van der Waals surface area contributed by atoms with Gasteiger partial charge in [0.25, 0.3) is 0 Å². The molecule has 0 spiro atoms. The smallest absolute Gasteiger partial charge is 0.338 e. The Bertz CT molecular complexity index is 1070. The van der Waals surface area contributed by atoms with E-state index in [1.807, 2.05) is 48.5 Å². The Kier molecular flexibility index (Phi) is 5.02. The molecule has 0 saturated heterocycles. The van der Waals surface area contributed by atoms with Gasteiger partial charge in [-0.15, -0.1) is 0 Å². The van der Waals surface area contributed by atoms with Crippen LogP contribution in [0, 0.1) is 0 Å². The predicted octanol–water partition coefficient (Wildman–Crippen LogP) is 5.59. The highest BCUT2D eigenvalue weighted by molar-refractivity contribution is 5.93. The molecule has 0 aliphatic heterocycles. The van der Waals surface area contributed by atoms with Crippen LogP contribution in [0.1, 0.15) is 17.3 Å². The van der Waals surface area contributed by atoms with Crippen LogP contribution in [0.4, 0.5) is 0 Å². The summed E-state index contributed by atoms with van der Waals surface area (Å²) in [5, 5.41) is 7.80. The third kappa shape index (κ3) is 3.45. The number of nitrogens with zero attached hydrogens (tertiary/aromatic N) is 1. The fourth-order valence-corrected chi connectivity index (χ4v) is 3.23. The van der Waals surface area contributed by atoms with Crippen molar-refractivity contribution in [3.63, 3.8) is 0 Å². The molecule has 4 nitrogen and oxygen atoms in total. The summed E-state index contributed by atoms with van der Waals surface area (Å²) in [4.78, 5) is 11.9. The van der Waals surface area contributed by atoms with E-state index in [1.165, 1.54) is 0 Å². The molecule has 0 fully saturated rings. The van der Waals surface area contributed by atoms with Crippen molar-refractivity contribution < 1.29 is 9.53 Å². The molecule has 0 radical (unpaired) electrons. The third-order valence-corrected chi connectivity index (χ3v) is 4.56. The number of aromatic amines is 1. The third-order valence-electron chi connectivity index (χ3n) is 4.56. The van der Waals surface area contributed by atoms with Gasteiger partial charge in [-0.1, -0.05) is 72.8 Å². The first kappa shape index (κ1) is 17.7. The lowest BCUT2D eigenvalue weighted by atomic mass is 9.95. The van der Waals surface area contributed by atoms with Gasteiger partial charge in [0.2, 0.25) is 0 Å². The number of carbonyl (C=O) groups excluding carboxylic acids is 1. The first-order valence-corrected chi connectivity index (χ1v) is 9.24. The van der Waals surface area contributed by atoms with Crippen molar-refractivity contribution in [2.75, 3.05) is 6.61 Å². The summed E-state index contributed by atoms with van der Waals surface area (Å²) in [5.74, 6) is -0.313. The van der Waals surface area contributed by atoms with E-state index < -0.39 is 0 Å². The average Bonchev–Trinajstić information content (AvgIpc) is 3.20. The Balaban J connectivity index is 1.82. The molecule has 4 heteroatoms. The zero-order chi connectivity index (χ0) is 19.3. The Morgan fingerprint density at radius 1 is 0.821 bits per heavy atom. The molecular weight excluding hydrogens is 348 g/mol. The normalized spacial score (nSPS) is 10.6. The highest BCUT2D eigenvalue weighted by Crippen LogP contribution is 2.38. The molecule has 0 amide bonds. The standard InChI is InChI=1S/C24H20N2O2/c1-2-28-24(27)20-15-13-19(14-16-20)23-21(17-9-5-3-6-10-17)22(25-26-23)18-11-7-4-8-12-18/h3-16H,2H2,1H3,(H,25,26). The number of carbonyl (C=O) groups is 1. The van der Waals surface area contributed by atoms with Crippen molar-refractivity contribution in [1.29, 1.82) is 0 Å². The molecule has 1 N–H and O–H groups in total. The summed E-state index contributed by atoms with van der Waals surface area (Å²) in [5.41, 5.74) is 6.48. The first-order chi connectivity index (χ1) is 13.8. The maximum absolute atomic E-state index is 11.9. The number of benzene rings is 3. The van der Waals surface area contributed by atoms with Crippen LogP contribution in [0.25, 0.3) is 33.6 Å². The summed E-state index contributed by atoms with van der Waals surface area (Å²) >= 11 is 0. The van der Waals surface area contributed by atoms with Crippen molar-refractivity contribution in [1.82, 2.24) is 10.2 Å². The largest absolute Gasteiger partial charge is 0.462 e. The molecule has 1 heterocycles. The van der Waals surface area contributed by atoms with Gasteiger partial charge in [0, 0.05) is 16.7 Å². The fourth-order valence-electron chi connectivity index (χ4n) is 3.23. The SMILES string of the molecule is CCOC(=O)c1ccc(-c2[nH]nc(-c3ccccc3)c2-c2ccccc2)cc1. The lowest BCUT2D eigenvalue weighted by Crippen LogP contribution is -2.04. The van der Waals surface area contributed by atoms with Crippen LogP contribution in [0.15, 0.2) is 84.9 Å². The number of rotatable bonds is 5. The number of hydrogen-bond donors (Lipinski definition) is 1. The molecule has 1 aromatic heterocycles. The van der Waals surface area contributed by atoms with Crippen LogP contribution in [0.5, 0.6) is 0 Å². The van der Waals surface area contributed by atoms with E-state index >= 15 is 0 Å². The lowest BCUT2D eigenvalue weighted by Gasteiger charge is -2.08. The Hall–Kier alpha value is -3.66. The zero-order valence-corrected chi connectivity index (χ0v) is 15.6. The van der Waals surface area contributed by atoms with Crippen molar-refractivity contribution in [2.45, 2.75) is 6.92 Å². The maximum atomic E-state index is 11.9. The van der Waals surface area contributed by atoms with Gasteiger partial charge in [-0.25, -0.2) is 4.79 Å². The van der Waals surface area contributed by atoms with Gasteiger partial charge in [-0.3, -0.25) is 5.10 Å². The lowest BCUT2D eigenvalue weighted by molar-refractivity contribution is 0.0526. The minimum absolute atomic E-state index is 0.313. The molecule has 138 valence electrons. The highest BCUT2D eigenvalue weighted by Gasteiger charge is 2.18. The summed E-state index contributed by atoms with van der Waals surface area (Å²) < 4.78 is 5.07. The van der Waals surface area contributed by atoms with Crippen LogP contribution in [0.2, 0.25) is 0 Å². The van der Waals surface area contributed by atoms with Crippen molar-refractivity contribution in [2.24, 2.45) is 0 Å². The molecule has 3 aromatic carbocycles. The zero-order valence-electron chi connectivity index (χ0n) is 15.6. The van der Waals surface area contributed by atoms with Crippen LogP contribution in [0.3, 0.4) is 0 Å². The summed E-state index contributed by atoms with van der Waals surface area (Å²) in [6.07, 6.45) is 0. The second-order valence-electron chi connectivity index (χ2n) is 6.35. The molecule has 0 unspecified atom stereocenters. The van der Waals surface area contributed by atoms with Gasteiger partial charge >= 0.3 is 5.97 Å². The summed E-state index contributed by atoms with van der Waals surface area (Å²) in [7, 11) is 0.